The lowest BCUT2D eigenvalue weighted by Gasteiger charge is -2.30. The second-order valence-corrected chi connectivity index (χ2v) is 7.84. The molecule has 164 valence electrons. The number of benzene rings is 1. The summed E-state index contributed by atoms with van der Waals surface area (Å²) < 4.78 is 16.1. The molecule has 31 heavy (non-hydrogen) atoms. The van der Waals surface area contributed by atoms with Gasteiger partial charge in [-0.1, -0.05) is 12.1 Å². The number of oxazole rings is 1. The fourth-order valence-electron chi connectivity index (χ4n) is 4.11. The Kier molecular flexibility index (Phi) is 6.08. The van der Waals surface area contributed by atoms with Crippen LogP contribution in [0.1, 0.15) is 56.8 Å². The number of carbonyl (C=O) groups excluding carboxylic acids is 2. The number of amides is 1. The molecule has 1 aliphatic rings. The van der Waals surface area contributed by atoms with E-state index in [1.165, 1.54) is 0 Å². The van der Waals surface area contributed by atoms with E-state index in [1.54, 1.807) is 21.0 Å². The Hall–Kier alpha value is -3.13. The number of hydrogen-bond donors (Lipinski definition) is 1. The first kappa shape index (κ1) is 21.1. The Morgan fingerprint density at radius 2 is 1.94 bits per heavy atom. The molecule has 1 N–H and O–H groups in total. The molecular weight excluding hydrogens is 398 g/mol. The van der Waals surface area contributed by atoms with Gasteiger partial charge in [0.15, 0.2) is 11.5 Å². The van der Waals surface area contributed by atoms with Gasteiger partial charge in [-0.25, -0.2) is 9.78 Å². The number of fused-ring (bicyclic) bond motifs is 1. The third-order valence-electron chi connectivity index (χ3n) is 5.82. The molecule has 1 saturated heterocycles. The Balaban J connectivity index is 1.42. The van der Waals surface area contributed by atoms with Gasteiger partial charge in [0.05, 0.1) is 12.2 Å². The number of rotatable bonds is 6. The molecule has 0 atom stereocenters. The van der Waals surface area contributed by atoms with Crippen LogP contribution in [0.2, 0.25) is 0 Å². The first-order valence-electron chi connectivity index (χ1n) is 10.5. The van der Waals surface area contributed by atoms with Crippen molar-refractivity contribution < 1.29 is 23.5 Å². The quantitative estimate of drug-likeness (QED) is 0.479. The van der Waals surface area contributed by atoms with Gasteiger partial charge >= 0.3 is 5.97 Å². The summed E-state index contributed by atoms with van der Waals surface area (Å²) >= 11 is 0. The van der Waals surface area contributed by atoms with Gasteiger partial charge in [0, 0.05) is 31.8 Å². The van der Waals surface area contributed by atoms with Crippen LogP contribution in [-0.2, 0) is 9.47 Å². The van der Waals surface area contributed by atoms with Crippen molar-refractivity contribution in [3.63, 3.8) is 0 Å². The standard InChI is InChI=1S/C23H27N3O5/c1-14-19(23(28)30-13-12-29-3)15(2)24-20(14)22(27)26-10-8-16(9-11-26)21-25-17-6-4-5-7-18(17)31-21/h4-7,16,24H,8-13H2,1-3H3. The maximum atomic E-state index is 13.1. The van der Waals surface area contributed by atoms with Crippen LogP contribution in [-0.4, -0.2) is 60.2 Å². The van der Waals surface area contributed by atoms with E-state index in [0.29, 0.717) is 42.2 Å². The summed E-state index contributed by atoms with van der Waals surface area (Å²) in [4.78, 5) is 35.1. The lowest BCUT2D eigenvalue weighted by Crippen LogP contribution is -2.38. The number of aryl methyl sites for hydroxylation is 1. The fourth-order valence-corrected chi connectivity index (χ4v) is 4.11. The van der Waals surface area contributed by atoms with Gasteiger partial charge in [0.1, 0.15) is 17.8 Å². The highest BCUT2D eigenvalue weighted by Crippen LogP contribution is 2.31. The predicted molar refractivity (Wildman–Crippen MR) is 114 cm³/mol. The number of H-pyrrole nitrogens is 1. The third-order valence-corrected chi connectivity index (χ3v) is 5.82. The summed E-state index contributed by atoms with van der Waals surface area (Å²) in [7, 11) is 1.55. The van der Waals surface area contributed by atoms with Gasteiger partial charge in [-0.3, -0.25) is 4.79 Å². The number of carbonyl (C=O) groups is 2. The zero-order valence-electron chi connectivity index (χ0n) is 18.1. The van der Waals surface area contributed by atoms with Crippen LogP contribution in [0, 0.1) is 13.8 Å². The summed E-state index contributed by atoms with van der Waals surface area (Å²) in [5.74, 6) is 0.375. The van der Waals surface area contributed by atoms with Gasteiger partial charge < -0.3 is 23.8 Å². The van der Waals surface area contributed by atoms with E-state index in [0.717, 1.165) is 29.8 Å². The molecular formula is C23H27N3O5. The molecule has 1 fully saturated rings. The molecule has 3 heterocycles. The summed E-state index contributed by atoms with van der Waals surface area (Å²) in [6.45, 7) is 5.26. The van der Waals surface area contributed by atoms with Gasteiger partial charge in [0.25, 0.3) is 5.91 Å². The zero-order chi connectivity index (χ0) is 22.0. The Morgan fingerprint density at radius 3 is 2.65 bits per heavy atom. The molecule has 0 unspecified atom stereocenters. The van der Waals surface area contributed by atoms with Crippen LogP contribution in [0.15, 0.2) is 28.7 Å². The Labute approximate surface area is 180 Å². The number of hydrogen-bond acceptors (Lipinski definition) is 6. The van der Waals surface area contributed by atoms with E-state index in [-0.39, 0.29) is 18.4 Å². The summed E-state index contributed by atoms with van der Waals surface area (Å²) in [6.07, 6.45) is 1.56. The van der Waals surface area contributed by atoms with Crippen molar-refractivity contribution in [1.82, 2.24) is 14.9 Å². The number of nitrogens with one attached hydrogen (secondary N) is 1. The van der Waals surface area contributed by atoms with Crippen LogP contribution in [0.5, 0.6) is 0 Å². The minimum atomic E-state index is -0.447. The minimum absolute atomic E-state index is 0.104. The Bertz CT molecular complexity index is 1060. The minimum Gasteiger partial charge on any atom is -0.460 e. The molecule has 0 bridgehead atoms. The number of aromatic nitrogens is 2. The van der Waals surface area contributed by atoms with Gasteiger partial charge in [0.2, 0.25) is 0 Å². The average molecular weight is 425 g/mol. The molecule has 2 aromatic heterocycles. The average Bonchev–Trinajstić information content (AvgIpc) is 3.34. The van der Waals surface area contributed by atoms with E-state index < -0.39 is 5.97 Å². The van der Waals surface area contributed by atoms with Crippen molar-refractivity contribution >= 4 is 23.0 Å². The molecule has 8 nitrogen and oxygen atoms in total. The predicted octanol–water partition coefficient (Wildman–Crippen LogP) is 3.60. The van der Waals surface area contributed by atoms with E-state index in [2.05, 4.69) is 9.97 Å². The lowest BCUT2D eigenvalue weighted by atomic mass is 9.96. The summed E-state index contributed by atoms with van der Waals surface area (Å²) in [6, 6.07) is 7.73. The molecule has 0 saturated carbocycles. The number of nitrogens with zero attached hydrogens (tertiary/aromatic N) is 2. The number of likely N-dealkylation sites (tertiary alicyclic amines) is 1. The molecule has 0 spiro atoms. The number of piperidine rings is 1. The molecule has 0 radical (unpaired) electrons. The van der Waals surface area contributed by atoms with Crippen LogP contribution in [0.4, 0.5) is 0 Å². The van der Waals surface area contributed by atoms with Crippen molar-refractivity contribution in [3.8, 4) is 0 Å². The topological polar surface area (TPSA) is 97.7 Å². The molecule has 1 aromatic carbocycles. The zero-order valence-corrected chi connectivity index (χ0v) is 18.1. The number of ether oxygens (including phenoxy) is 2. The Morgan fingerprint density at radius 1 is 1.19 bits per heavy atom. The highest BCUT2D eigenvalue weighted by atomic mass is 16.6. The second kappa shape index (κ2) is 8.93. The SMILES string of the molecule is COCCOC(=O)c1c(C)[nH]c(C(=O)N2CCC(c3nc4ccccc4o3)CC2)c1C. The van der Waals surface area contributed by atoms with E-state index in [9.17, 15) is 9.59 Å². The fraction of sp³-hybridized carbons (Fsp3) is 0.435. The van der Waals surface area contributed by atoms with Gasteiger partial charge in [-0.2, -0.15) is 0 Å². The van der Waals surface area contributed by atoms with E-state index >= 15 is 0 Å². The van der Waals surface area contributed by atoms with E-state index in [4.69, 9.17) is 13.9 Å². The smallest absolute Gasteiger partial charge is 0.340 e. The number of esters is 1. The number of para-hydroxylation sites is 2. The number of methoxy groups -OCH3 is 1. The van der Waals surface area contributed by atoms with Gasteiger partial charge in [-0.05, 0) is 44.4 Å². The van der Waals surface area contributed by atoms with Crippen LogP contribution < -0.4 is 0 Å². The van der Waals surface area contributed by atoms with Crippen molar-refractivity contribution in [2.75, 3.05) is 33.4 Å². The molecule has 1 aliphatic heterocycles. The second-order valence-electron chi connectivity index (χ2n) is 7.84. The maximum absolute atomic E-state index is 13.1. The molecule has 0 aliphatic carbocycles. The van der Waals surface area contributed by atoms with Crippen molar-refractivity contribution in [1.29, 1.82) is 0 Å². The lowest BCUT2D eigenvalue weighted by molar-refractivity contribution is 0.0387. The third kappa shape index (κ3) is 4.20. The maximum Gasteiger partial charge on any atom is 0.340 e. The molecule has 1 amide bonds. The molecule has 4 rings (SSSR count). The van der Waals surface area contributed by atoms with Crippen LogP contribution in [0.25, 0.3) is 11.1 Å². The van der Waals surface area contributed by atoms with Crippen molar-refractivity contribution in [2.24, 2.45) is 0 Å². The molecule has 3 aromatic rings. The largest absolute Gasteiger partial charge is 0.460 e. The van der Waals surface area contributed by atoms with Crippen molar-refractivity contribution in [3.05, 3.63) is 52.7 Å². The summed E-state index contributed by atoms with van der Waals surface area (Å²) in [5, 5.41) is 0. The first-order valence-corrected chi connectivity index (χ1v) is 10.5. The first-order chi connectivity index (χ1) is 15.0. The van der Waals surface area contributed by atoms with Gasteiger partial charge in [-0.15, -0.1) is 0 Å². The highest BCUT2D eigenvalue weighted by molar-refractivity contribution is 6.00. The van der Waals surface area contributed by atoms with Crippen LogP contribution >= 0.6 is 0 Å². The normalized spacial score (nSPS) is 14.9. The highest BCUT2D eigenvalue weighted by Gasteiger charge is 2.30. The van der Waals surface area contributed by atoms with Crippen molar-refractivity contribution in [2.45, 2.75) is 32.6 Å². The number of aromatic amines is 1. The molecule has 8 heteroatoms. The van der Waals surface area contributed by atoms with E-state index in [1.807, 2.05) is 29.2 Å². The van der Waals surface area contributed by atoms with Crippen LogP contribution in [0.3, 0.4) is 0 Å². The monoisotopic (exact) mass is 425 g/mol. The summed E-state index contributed by atoms with van der Waals surface area (Å²) in [5.41, 5.74) is 3.75.